The molecule has 3 heterocycles. The van der Waals surface area contributed by atoms with Crippen molar-refractivity contribution in [1.29, 1.82) is 0 Å². The minimum absolute atomic E-state index is 0.176. The van der Waals surface area contributed by atoms with Crippen LogP contribution in [0.2, 0.25) is 0 Å². The van der Waals surface area contributed by atoms with Gasteiger partial charge in [-0.15, -0.1) is 0 Å². The van der Waals surface area contributed by atoms with Gasteiger partial charge < -0.3 is 20.1 Å². The van der Waals surface area contributed by atoms with E-state index in [9.17, 15) is 9.90 Å². The van der Waals surface area contributed by atoms with Gasteiger partial charge in [0.05, 0.1) is 12.8 Å². The van der Waals surface area contributed by atoms with Crippen LogP contribution in [0.15, 0.2) is 24.3 Å². The first-order valence-electron chi connectivity index (χ1n) is 7.02. The molecule has 2 N–H and O–H groups in total. The predicted octanol–water partition coefficient (Wildman–Crippen LogP) is 1.66. The molecule has 5 nitrogen and oxygen atoms in total. The Labute approximate surface area is 118 Å². The van der Waals surface area contributed by atoms with Gasteiger partial charge in [-0.3, -0.25) is 0 Å². The van der Waals surface area contributed by atoms with E-state index in [1.165, 1.54) is 0 Å². The lowest BCUT2D eigenvalue weighted by atomic mass is 9.72. The minimum Gasteiger partial charge on any atom is -0.495 e. The van der Waals surface area contributed by atoms with Gasteiger partial charge in [-0.1, -0.05) is 12.1 Å². The third kappa shape index (κ3) is 2.02. The van der Waals surface area contributed by atoms with Gasteiger partial charge in [0, 0.05) is 6.54 Å². The maximum atomic E-state index is 11.9. The maximum Gasteiger partial charge on any atom is 0.330 e. The number of hydrogen-bond donors (Lipinski definition) is 2. The highest BCUT2D eigenvalue weighted by molar-refractivity contribution is 5.85. The number of ether oxygens (including phenoxy) is 1. The topological polar surface area (TPSA) is 61.8 Å². The summed E-state index contributed by atoms with van der Waals surface area (Å²) < 4.78 is 5.32. The van der Waals surface area contributed by atoms with Gasteiger partial charge in [0.15, 0.2) is 5.54 Å². The van der Waals surface area contributed by atoms with E-state index >= 15 is 0 Å². The number of benzene rings is 1. The van der Waals surface area contributed by atoms with Crippen molar-refractivity contribution >= 4 is 11.7 Å². The van der Waals surface area contributed by atoms with Crippen molar-refractivity contribution < 1.29 is 14.6 Å². The molecule has 3 aliphatic heterocycles. The second kappa shape index (κ2) is 4.98. The monoisotopic (exact) mass is 276 g/mol. The number of methoxy groups -OCH3 is 1. The average molecular weight is 276 g/mol. The number of carbonyl (C=O) groups is 1. The molecule has 0 spiro atoms. The summed E-state index contributed by atoms with van der Waals surface area (Å²) in [5.41, 5.74) is -0.142. The van der Waals surface area contributed by atoms with E-state index in [-0.39, 0.29) is 5.92 Å². The van der Waals surface area contributed by atoms with Crippen molar-refractivity contribution in [3.63, 3.8) is 0 Å². The van der Waals surface area contributed by atoms with E-state index in [0.29, 0.717) is 12.3 Å². The summed E-state index contributed by atoms with van der Waals surface area (Å²) >= 11 is 0. The number of para-hydroxylation sites is 2. The van der Waals surface area contributed by atoms with Gasteiger partial charge in [0.1, 0.15) is 5.75 Å². The van der Waals surface area contributed by atoms with Crippen LogP contribution in [0.3, 0.4) is 0 Å². The molecule has 1 aromatic carbocycles. The highest BCUT2D eigenvalue weighted by Gasteiger charge is 2.52. The molecule has 2 bridgehead atoms. The molecule has 3 aliphatic rings. The first-order valence-corrected chi connectivity index (χ1v) is 7.02. The van der Waals surface area contributed by atoms with Crippen molar-refractivity contribution in [1.82, 2.24) is 4.90 Å². The van der Waals surface area contributed by atoms with Crippen molar-refractivity contribution in [2.24, 2.45) is 5.92 Å². The van der Waals surface area contributed by atoms with E-state index in [2.05, 4.69) is 10.2 Å². The Morgan fingerprint density at radius 1 is 1.40 bits per heavy atom. The fourth-order valence-corrected chi connectivity index (χ4v) is 3.49. The number of hydrogen-bond acceptors (Lipinski definition) is 4. The van der Waals surface area contributed by atoms with Gasteiger partial charge >= 0.3 is 5.97 Å². The number of carboxylic acid groups (broad SMARTS) is 1. The van der Waals surface area contributed by atoms with Crippen LogP contribution in [0.1, 0.15) is 12.8 Å². The number of nitrogens with zero attached hydrogens (tertiary/aromatic N) is 1. The Balaban J connectivity index is 1.94. The largest absolute Gasteiger partial charge is 0.495 e. The Morgan fingerprint density at radius 2 is 2.10 bits per heavy atom. The fourth-order valence-electron chi connectivity index (χ4n) is 3.49. The van der Waals surface area contributed by atoms with E-state index in [1.54, 1.807) is 7.11 Å². The molecular weight excluding hydrogens is 256 g/mol. The summed E-state index contributed by atoms with van der Waals surface area (Å²) in [4.78, 5) is 14.2. The second-order valence-corrected chi connectivity index (χ2v) is 5.65. The van der Waals surface area contributed by atoms with Crippen molar-refractivity contribution in [2.75, 3.05) is 32.1 Å². The van der Waals surface area contributed by atoms with Gasteiger partial charge in [-0.2, -0.15) is 0 Å². The molecule has 1 atom stereocenters. The Kier molecular flexibility index (Phi) is 3.30. The van der Waals surface area contributed by atoms with Crippen molar-refractivity contribution in [3.05, 3.63) is 24.3 Å². The number of piperidine rings is 3. The molecule has 0 aromatic heterocycles. The van der Waals surface area contributed by atoms with Crippen LogP contribution in [0, 0.1) is 5.92 Å². The summed E-state index contributed by atoms with van der Waals surface area (Å²) in [6.07, 6.45) is 1.88. The van der Waals surface area contributed by atoms with Crippen LogP contribution in [-0.4, -0.2) is 48.3 Å². The highest BCUT2D eigenvalue weighted by Crippen LogP contribution is 2.39. The van der Waals surface area contributed by atoms with Crippen LogP contribution >= 0.6 is 0 Å². The van der Waals surface area contributed by atoms with Crippen LogP contribution in [-0.2, 0) is 4.79 Å². The van der Waals surface area contributed by atoms with E-state index < -0.39 is 11.5 Å². The lowest BCUT2D eigenvalue weighted by Gasteiger charge is -2.51. The lowest BCUT2D eigenvalue weighted by Crippen LogP contribution is -2.66. The third-order valence-corrected chi connectivity index (χ3v) is 4.60. The summed E-state index contributed by atoms with van der Waals surface area (Å²) in [5, 5.41) is 13.1. The molecule has 20 heavy (non-hydrogen) atoms. The first-order chi connectivity index (χ1) is 9.65. The summed E-state index contributed by atoms with van der Waals surface area (Å²) in [6, 6.07) is 7.50. The summed E-state index contributed by atoms with van der Waals surface area (Å²) in [6.45, 7) is 2.58. The van der Waals surface area contributed by atoms with E-state index in [0.717, 1.165) is 31.6 Å². The van der Waals surface area contributed by atoms with E-state index in [1.807, 2.05) is 24.3 Å². The SMILES string of the molecule is COc1ccccc1NC1(C(=O)O)CN2CCC1CC2. The molecule has 108 valence electrons. The number of anilines is 1. The van der Waals surface area contributed by atoms with Crippen molar-refractivity contribution in [3.8, 4) is 5.75 Å². The molecule has 3 fully saturated rings. The Morgan fingerprint density at radius 3 is 2.65 bits per heavy atom. The normalized spacial score (nSPS) is 31.9. The Bertz CT molecular complexity index is 512. The van der Waals surface area contributed by atoms with Gasteiger partial charge in [-0.25, -0.2) is 4.79 Å². The van der Waals surface area contributed by atoms with Crippen LogP contribution in [0.4, 0.5) is 5.69 Å². The van der Waals surface area contributed by atoms with Crippen LogP contribution in [0.5, 0.6) is 5.75 Å². The lowest BCUT2D eigenvalue weighted by molar-refractivity contribution is -0.149. The molecule has 1 unspecified atom stereocenters. The average Bonchev–Trinajstić information content (AvgIpc) is 2.49. The quantitative estimate of drug-likeness (QED) is 0.875. The number of aliphatic carboxylic acids is 1. The molecule has 0 amide bonds. The van der Waals surface area contributed by atoms with Gasteiger partial charge in [0.25, 0.3) is 0 Å². The molecule has 5 heteroatoms. The van der Waals surface area contributed by atoms with E-state index in [4.69, 9.17) is 4.74 Å². The van der Waals surface area contributed by atoms with Gasteiger partial charge in [0.2, 0.25) is 0 Å². The molecule has 3 saturated heterocycles. The number of nitrogens with one attached hydrogen (secondary N) is 1. The molecule has 1 aromatic rings. The molecule has 0 radical (unpaired) electrons. The van der Waals surface area contributed by atoms with Crippen molar-refractivity contribution in [2.45, 2.75) is 18.4 Å². The standard InChI is InChI=1S/C15H20N2O3/c1-20-13-5-3-2-4-12(13)16-15(14(18)19)10-17-8-6-11(15)7-9-17/h2-5,11,16H,6-10H2,1H3,(H,18,19). The zero-order valence-corrected chi connectivity index (χ0v) is 11.6. The maximum absolute atomic E-state index is 11.9. The number of fused-ring (bicyclic) bond motifs is 3. The molecule has 0 aliphatic carbocycles. The summed E-state index contributed by atoms with van der Waals surface area (Å²) in [7, 11) is 1.60. The minimum atomic E-state index is -0.898. The zero-order valence-electron chi connectivity index (χ0n) is 11.6. The first kappa shape index (κ1) is 13.2. The summed E-state index contributed by atoms with van der Waals surface area (Å²) in [5.74, 6) is 0.0947. The number of carboxylic acids is 1. The molecule has 0 saturated carbocycles. The highest BCUT2D eigenvalue weighted by atomic mass is 16.5. The fraction of sp³-hybridized carbons (Fsp3) is 0.533. The Hall–Kier alpha value is -1.75. The zero-order chi connectivity index (χ0) is 14.2. The molecule has 4 rings (SSSR count). The molecular formula is C15H20N2O3. The number of rotatable bonds is 4. The second-order valence-electron chi connectivity index (χ2n) is 5.65. The smallest absolute Gasteiger partial charge is 0.330 e. The third-order valence-electron chi connectivity index (χ3n) is 4.60. The predicted molar refractivity (Wildman–Crippen MR) is 76.1 cm³/mol. The van der Waals surface area contributed by atoms with Crippen LogP contribution < -0.4 is 10.1 Å². The van der Waals surface area contributed by atoms with Crippen LogP contribution in [0.25, 0.3) is 0 Å². The van der Waals surface area contributed by atoms with Gasteiger partial charge in [-0.05, 0) is 44.0 Å².